The number of aliphatic hydroxyl groups excluding tert-OH is 2. The first-order valence-electron chi connectivity index (χ1n) is 12.9. The van der Waals surface area contributed by atoms with Crippen LogP contribution < -0.4 is 39.4 Å². The zero-order chi connectivity index (χ0) is 29.6. The molecule has 2 atom stereocenters. The van der Waals surface area contributed by atoms with E-state index >= 15 is 0 Å². The number of para-hydroxylation sites is 1. The van der Waals surface area contributed by atoms with Gasteiger partial charge in [0.05, 0.1) is 25.0 Å². The Kier molecular flexibility index (Phi) is 12.9. The molecular formula is C29H34F2N3NaO6. The van der Waals surface area contributed by atoms with Crippen LogP contribution in [0.5, 0.6) is 5.75 Å². The van der Waals surface area contributed by atoms with Gasteiger partial charge in [0.1, 0.15) is 5.82 Å². The molecule has 2 N–H and O–H groups in total. The van der Waals surface area contributed by atoms with Crippen LogP contribution in [0.15, 0.2) is 42.5 Å². The van der Waals surface area contributed by atoms with Crippen LogP contribution in [0.1, 0.15) is 66.3 Å². The van der Waals surface area contributed by atoms with Gasteiger partial charge in [-0.2, -0.15) is 5.10 Å². The average Bonchev–Trinajstić information content (AvgIpc) is 3.26. The number of aliphatic hydroxyl groups is 2. The van der Waals surface area contributed by atoms with Crippen molar-refractivity contribution in [3.05, 3.63) is 76.6 Å². The largest absolute Gasteiger partial charge is 1.00 e. The molecular weight excluding hydrogens is 547 g/mol. The number of ether oxygens (including phenoxy) is 1. The van der Waals surface area contributed by atoms with Crippen molar-refractivity contribution in [3.63, 3.8) is 0 Å². The van der Waals surface area contributed by atoms with Gasteiger partial charge in [-0.05, 0) is 55.5 Å². The number of nitrogens with zero attached hydrogens (tertiary/aromatic N) is 3. The van der Waals surface area contributed by atoms with Gasteiger partial charge in [0.15, 0.2) is 17.3 Å². The van der Waals surface area contributed by atoms with E-state index in [-0.39, 0.29) is 72.7 Å². The number of benzene rings is 2. The van der Waals surface area contributed by atoms with Gasteiger partial charge < -0.3 is 29.8 Å². The SMILES string of the molecule is COc1c(F)cccc1CN(C)C(=O)c1nn(-c2ccc(F)cc2)c(CCC(O)CC(O)CC(=O)[O-])c1C(C)C.[Na+]. The molecule has 0 saturated carbocycles. The maximum Gasteiger partial charge on any atom is 1.00 e. The number of carbonyl (C=O) groups excluding carboxylic acids is 2. The molecule has 0 spiro atoms. The summed E-state index contributed by atoms with van der Waals surface area (Å²) in [6, 6.07) is 10.0. The average molecular weight is 582 g/mol. The third-order valence-electron chi connectivity index (χ3n) is 6.54. The second-order valence-electron chi connectivity index (χ2n) is 10.0. The van der Waals surface area contributed by atoms with E-state index in [2.05, 4.69) is 5.10 Å². The van der Waals surface area contributed by atoms with Gasteiger partial charge in [-0.1, -0.05) is 26.0 Å². The fraction of sp³-hybridized carbons (Fsp3) is 0.414. The Morgan fingerprint density at radius 1 is 1.10 bits per heavy atom. The van der Waals surface area contributed by atoms with Crippen LogP contribution in [0, 0.1) is 11.6 Å². The molecule has 3 rings (SSSR count). The van der Waals surface area contributed by atoms with E-state index in [4.69, 9.17) is 4.74 Å². The molecule has 0 bridgehead atoms. The molecule has 0 aliphatic carbocycles. The predicted octanol–water partition coefficient (Wildman–Crippen LogP) is -0.257. The molecule has 9 nitrogen and oxygen atoms in total. The molecule has 2 unspecified atom stereocenters. The first-order valence-corrected chi connectivity index (χ1v) is 12.9. The number of carboxylic acid groups (broad SMARTS) is 1. The Balaban J connectivity index is 0.00000588. The maximum absolute atomic E-state index is 14.2. The van der Waals surface area contributed by atoms with Crippen LogP contribution in [0.2, 0.25) is 0 Å². The number of rotatable bonds is 13. The number of carboxylic acids is 1. The van der Waals surface area contributed by atoms with E-state index < -0.39 is 42.1 Å². The van der Waals surface area contributed by atoms with Crippen molar-refractivity contribution in [1.82, 2.24) is 14.7 Å². The van der Waals surface area contributed by atoms with Crippen molar-refractivity contribution in [3.8, 4) is 11.4 Å². The van der Waals surface area contributed by atoms with Gasteiger partial charge in [0.25, 0.3) is 5.91 Å². The van der Waals surface area contributed by atoms with Crippen LogP contribution in [0.4, 0.5) is 8.78 Å². The summed E-state index contributed by atoms with van der Waals surface area (Å²) in [5.74, 6) is -2.98. The van der Waals surface area contributed by atoms with Crippen molar-refractivity contribution in [2.75, 3.05) is 14.2 Å². The molecule has 2 aromatic carbocycles. The summed E-state index contributed by atoms with van der Waals surface area (Å²) in [6.45, 7) is 3.83. The molecule has 0 aliphatic heterocycles. The Labute approximate surface area is 260 Å². The van der Waals surface area contributed by atoms with Crippen LogP contribution in [0.25, 0.3) is 5.69 Å². The summed E-state index contributed by atoms with van der Waals surface area (Å²) in [5.41, 5.74) is 2.35. The van der Waals surface area contributed by atoms with Gasteiger partial charge in [-0.15, -0.1) is 0 Å². The van der Waals surface area contributed by atoms with Crippen molar-refractivity contribution >= 4 is 11.9 Å². The molecule has 0 radical (unpaired) electrons. The standard InChI is InChI=1S/C29H35F2N3O6.Na/c1-17(2)26-24(13-12-21(35)14-22(36)15-25(37)38)34(20-10-8-19(30)9-11-20)32-27(26)29(39)33(3)16-18-6-5-7-23(31)28(18)40-4;/h5-11,17,21-22,35-36H,12-16H2,1-4H3,(H,37,38);/q;+1/p-1. The number of carbonyl (C=O) groups is 2. The molecule has 1 aromatic heterocycles. The first-order chi connectivity index (χ1) is 18.9. The molecule has 1 amide bonds. The van der Waals surface area contributed by atoms with Gasteiger partial charge >= 0.3 is 29.6 Å². The fourth-order valence-electron chi connectivity index (χ4n) is 4.69. The number of hydrogen-bond acceptors (Lipinski definition) is 7. The molecule has 1 heterocycles. The molecule has 216 valence electrons. The third kappa shape index (κ3) is 8.83. The van der Waals surface area contributed by atoms with Crippen LogP contribution in [-0.2, 0) is 17.8 Å². The summed E-state index contributed by atoms with van der Waals surface area (Å²) in [5, 5.41) is 35.7. The van der Waals surface area contributed by atoms with Crippen LogP contribution in [0.3, 0.4) is 0 Å². The van der Waals surface area contributed by atoms with Crippen molar-refractivity contribution in [2.45, 2.75) is 64.2 Å². The number of aromatic nitrogens is 2. The molecule has 12 heteroatoms. The normalized spacial score (nSPS) is 12.5. The van der Waals surface area contributed by atoms with Crippen molar-refractivity contribution < 1.29 is 68.0 Å². The van der Waals surface area contributed by atoms with Crippen molar-refractivity contribution in [2.24, 2.45) is 0 Å². The van der Waals surface area contributed by atoms with E-state index in [1.807, 2.05) is 13.8 Å². The van der Waals surface area contributed by atoms with Crippen LogP contribution in [-0.4, -0.2) is 63.1 Å². The van der Waals surface area contributed by atoms with E-state index in [9.17, 15) is 33.7 Å². The number of amides is 1. The zero-order valence-electron chi connectivity index (χ0n) is 23.9. The zero-order valence-corrected chi connectivity index (χ0v) is 25.9. The molecule has 41 heavy (non-hydrogen) atoms. The van der Waals surface area contributed by atoms with Gasteiger partial charge in [-0.3, -0.25) is 4.79 Å². The monoisotopic (exact) mass is 581 g/mol. The summed E-state index contributed by atoms with van der Waals surface area (Å²) < 4.78 is 34.6. The summed E-state index contributed by atoms with van der Waals surface area (Å²) in [7, 11) is 2.92. The van der Waals surface area contributed by atoms with E-state index in [1.54, 1.807) is 13.1 Å². The minimum Gasteiger partial charge on any atom is -0.550 e. The summed E-state index contributed by atoms with van der Waals surface area (Å²) in [4.78, 5) is 25.9. The molecule has 0 aliphatic rings. The number of halogens is 2. The minimum atomic E-state index is -1.42. The molecule has 3 aromatic rings. The molecule has 0 saturated heterocycles. The summed E-state index contributed by atoms with van der Waals surface area (Å²) >= 11 is 0. The number of aliphatic carboxylic acids is 1. The van der Waals surface area contributed by atoms with Crippen molar-refractivity contribution in [1.29, 1.82) is 0 Å². The van der Waals surface area contributed by atoms with E-state index in [0.717, 1.165) is 0 Å². The third-order valence-corrected chi connectivity index (χ3v) is 6.54. The maximum atomic E-state index is 14.2. The minimum absolute atomic E-state index is 0. The quantitative estimate of drug-likeness (QED) is 0.267. The van der Waals surface area contributed by atoms with E-state index in [0.29, 0.717) is 22.5 Å². The number of hydrogen-bond donors (Lipinski definition) is 2. The van der Waals surface area contributed by atoms with Crippen LogP contribution >= 0.6 is 0 Å². The second kappa shape index (κ2) is 15.4. The Hall–Kier alpha value is -2.83. The Morgan fingerprint density at radius 2 is 1.76 bits per heavy atom. The predicted molar refractivity (Wildman–Crippen MR) is 141 cm³/mol. The van der Waals surface area contributed by atoms with Gasteiger partial charge in [-0.25, -0.2) is 13.5 Å². The number of methoxy groups -OCH3 is 1. The summed E-state index contributed by atoms with van der Waals surface area (Å²) in [6.07, 6.45) is -2.69. The van der Waals surface area contributed by atoms with E-state index in [1.165, 1.54) is 53.1 Å². The Bertz CT molecular complexity index is 1330. The second-order valence-corrected chi connectivity index (χ2v) is 10.0. The smallest absolute Gasteiger partial charge is 0.550 e. The van der Waals surface area contributed by atoms with Gasteiger partial charge in [0, 0.05) is 42.8 Å². The van der Waals surface area contributed by atoms with Gasteiger partial charge in [0.2, 0.25) is 0 Å². The Morgan fingerprint density at radius 3 is 2.34 bits per heavy atom. The fourth-order valence-corrected chi connectivity index (χ4v) is 4.69. The topological polar surface area (TPSA) is 128 Å². The molecule has 0 fully saturated rings. The first kappa shape index (κ1) is 34.4.